The van der Waals surface area contributed by atoms with Crippen LogP contribution in [0.25, 0.3) is 10.9 Å². The normalized spacial score (nSPS) is 10.8. The molecule has 0 saturated carbocycles. The molecule has 2 heterocycles. The Balaban J connectivity index is 1.62. The van der Waals surface area contributed by atoms with Gasteiger partial charge in [0, 0.05) is 35.5 Å². The van der Waals surface area contributed by atoms with E-state index in [1.54, 1.807) is 24.4 Å². The van der Waals surface area contributed by atoms with Gasteiger partial charge in [-0.25, -0.2) is 14.2 Å². The Bertz CT molecular complexity index is 1220. The standard InChI is InChI=1S/C23H21BFN3O2/c1-24-17-12-20(23(29)30-2)22(26-13-17)27-19-6-7-21-16(11-19)8-9-28(21)14-15-4-3-5-18(25)10-15/h3-13,24H,14H2,1-2H3,(H,26,27). The molecule has 1 N–H and O–H groups in total. The van der Waals surface area contributed by atoms with Crippen molar-refractivity contribution >= 4 is 41.1 Å². The molecule has 7 heteroatoms. The van der Waals surface area contributed by atoms with Gasteiger partial charge in [-0.05, 0) is 48.0 Å². The topological polar surface area (TPSA) is 56.2 Å². The molecule has 0 aliphatic heterocycles. The van der Waals surface area contributed by atoms with Gasteiger partial charge < -0.3 is 14.6 Å². The minimum atomic E-state index is -0.428. The molecule has 0 saturated heterocycles. The molecule has 0 atom stereocenters. The Hall–Kier alpha value is -3.61. The average Bonchev–Trinajstić information content (AvgIpc) is 3.15. The minimum Gasteiger partial charge on any atom is -0.465 e. The van der Waals surface area contributed by atoms with Crippen molar-refractivity contribution in [1.29, 1.82) is 0 Å². The summed E-state index contributed by atoms with van der Waals surface area (Å²) in [6.45, 7) is 2.59. The zero-order chi connectivity index (χ0) is 21.1. The first-order valence-corrected chi connectivity index (χ1v) is 9.75. The number of nitrogens with zero attached hydrogens (tertiary/aromatic N) is 2. The maximum absolute atomic E-state index is 13.5. The lowest BCUT2D eigenvalue weighted by Gasteiger charge is -2.12. The molecule has 30 heavy (non-hydrogen) atoms. The van der Waals surface area contributed by atoms with E-state index in [9.17, 15) is 9.18 Å². The fraction of sp³-hybridized carbons (Fsp3) is 0.130. The molecule has 0 radical (unpaired) electrons. The molecule has 4 rings (SSSR count). The number of methoxy groups -OCH3 is 1. The smallest absolute Gasteiger partial charge is 0.341 e. The van der Waals surface area contributed by atoms with Crippen LogP contribution in [0, 0.1) is 5.82 Å². The lowest BCUT2D eigenvalue weighted by molar-refractivity contribution is 0.0601. The Morgan fingerprint density at radius 1 is 1.20 bits per heavy atom. The highest BCUT2D eigenvalue weighted by atomic mass is 19.1. The number of anilines is 2. The quantitative estimate of drug-likeness (QED) is 0.394. The summed E-state index contributed by atoms with van der Waals surface area (Å²) in [6, 6.07) is 16.3. The number of halogens is 1. The highest BCUT2D eigenvalue weighted by Gasteiger charge is 2.15. The third-order valence-corrected chi connectivity index (χ3v) is 5.03. The largest absolute Gasteiger partial charge is 0.465 e. The summed E-state index contributed by atoms with van der Waals surface area (Å²) in [7, 11) is 2.14. The maximum atomic E-state index is 13.5. The number of benzene rings is 2. The molecule has 0 unspecified atom stereocenters. The van der Waals surface area contributed by atoms with Gasteiger partial charge in [-0.2, -0.15) is 0 Å². The number of pyridine rings is 1. The molecule has 0 spiro atoms. The number of hydrogen-bond donors (Lipinski definition) is 1. The highest BCUT2D eigenvalue weighted by molar-refractivity contribution is 6.52. The van der Waals surface area contributed by atoms with Crippen molar-refractivity contribution in [2.75, 3.05) is 12.4 Å². The van der Waals surface area contributed by atoms with Gasteiger partial charge in [0.2, 0.25) is 0 Å². The predicted molar refractivity (Wildman–Crippen MR) is 119 cm³/mol. The van der Waals surface area contributed by atoms with Crippen molar-refractivity contribution in [3.8, 4) is 0 Å². The van der Waals surface area contributed by atoms with Gasteiger partial charge in [-0.3, -0.25) is 0 Å². The van der Waals surface area contributed by atoms with Crippen LogP contribution in [-0.4, -0.2) is 29.9 Å². The second kappa shape index (κ2) is 8.41. The van der Waals surface area contributed by atoms with Crippen LogP contribution in [0.1, 0.15) is 15.9 Å². The maximum Gasteiger partial charge on any atom is 0.341 e. The van der Waals surface area contributed by atoms with E-state index in [-0.39, 0.29) is 5.82 Å². The molecule has 0 bridgehead atoms. The number of hydrogen-bond acceptors (Lipinski definition) is 4. The Kier molecular flexibility index (Phi) is 5.52. The highest BCUT2D eigenvalue weighted by Crippen LogP contribution is 2.25. The van der Waals surface area contributed by atoms with Crippen molar-refractivity contribution in [3.05, 3.63) is 83.9 Å². The van der Waals surface area contributed by atoms with Crippen LogP contribution in [0.2, 0.25) is 6.82 Å². The number of carbonyl (C=O) groups is 1. The number of carbonyl (C=O) groups excluding carboxylic acids is 1. The summed E-state index contributed by atoms with van der Waals surface area (Å²) in [5, 5.41) is 4.26. The summed E-state index contributed by atoms with van der Waals surface area (Å²) in [6.07, 6.45) is 3.73. The summed E-state index contributed by atoms with van der Waals surface area (Å²) in [4.78, 5) is 16.6. The first-order chi connectivity index (χ1) is 14.6. The Labute approximate surface area is 174 Å². The number of fused-ring (bicyclic) bond motifs is 1. The fourth-order valence-electron chi connectivity index (χ4n) is 3.45. The van der Waals surface area contributed by atoms with E-state index >= 15 is 0 Å². The molecule has 2 aromatic heterocycles. The van der Waals surface area contributed by atoms with Crippen LogP contribution >= 0.6 is 0 Å². The molecule has 2 aromatic carbocycles. The Morgan fingerprint density at radius 2 is 2.07 bits per heavy atom. The van der Waals surface area contributed by atoms with Gasteiger partial charge in [0.15, 0.2) is 7.28 Å². The zero-order valence-electron chi connectivity index (χ0n) is 16.9. The summed E-state index contributed by atoms with van der Waals surface area (Å²) in [5.41, 5.74) is 4.12. The lowest BCUT2D eigenvalue weighted by Crippen LogP contribution is -2.17. The van der Waals surface area contributed by atoms with Crippen molar-refractivity contribution in [3.63, 3.8) is 0 Å². The first-order valence-electron chi connectivity index (χ1n) is 9.75. The first kappa shape index (κ1) is 19.7. The summed E-state index contributed by atoms with van der Waals surface area (Å²) in [5.74, 6) is -0.210. The van der Waals surface area contributed by atoms with Crippen LogP contribution in [0.15, 0.2) is 67.0 Å². The van der Waals surface area contributed by atoms with Gasteiger partial charge >= 0.3 is 5.97 Å². The van der Waals surface area contributed by atoms with Crippen molar-refractivity contribution < 1.29 is 13.9 Å². The monoisotopic (exact) mass is 401 g/mol. The SMILES string of the molecule is CBc1cnc(Nc2ccc3c(ccn3Cc3cccc(F)c3)c2)c(C(=O)OC)c1. The van der Waals surface area contributed by atoms with E-state index in [4.69, 9.17) is 4.74 Å². The lowest BCUT2D eigenvalue weighted by atomic mass is 9.74. The van der Waals surface area contributed by atoms with E-state index < -0.39 is 5.97 Å². The number of nitrogens with one attached hydrogen (secondary N) is 1. The molecular formula is C23H21BFN3O2. The molecule has 0 amide bonds. The number of rotatable bonds is 6. The van der Waals surface area contributed by atoms with Crippen LogP contribution in [0.3, 0.4) is 0 Å². The van der Waals surface area contributed by atoms with Crippen LogP contribution in [0.5, 0.6) is 0 Å². The van der Waals surface area contributed by atoms with E-state index in [1.807, 2.05) is 43.4 Å². The molecule has 0 aliphatic carbocycles. The second-order valence-corrected chi connectivity index (χ2v) is 7.06. The molecule has 0 aliphatic rings. The molecule has 150 valence electrons. The van der Waals surface area contributed by atoms with Crippen LogP contribution < -0.4 is 10.8 Å². The Morgan fingerprint density at radius 3 is 2.83 bits per heavy atom. The third kappa shape index (κ3) is 4.05. The van der Waals surface area contributed by atoms with E-state index in [2.05, 4.69) is 14.9 Å². The molecule has 5 nitrogen and oxygen atoms in total. The summed E-state index contributed by atoms with van der Waals surface area (Å²) >= 11 is 0. The summed E-state index contributed by atoms with van der Waals surface area (Å²) < 4.78 is 20.5. The second-order valence-electron chi connectivity index (χ2n) is 7.06. The third-order valence-electron chi connectivity index (χ3n) is 5.03. The van der Waals surface area contributed by atoms with Gasteiger partial charge in [-0.15, -0.1) is 0 Å². The average molecular weight is 401 g/mol. The van der Waals surface area contributed by atoms with Crippen LogP contribution in [-0.2, 0) is 11.3 Å². The number of aromatic nitrogens is 2. The van der Waals surface area contributed by atoms with Gasteiger partial charge in [0.05, 0.1) is 7.11 Å². The van der Waals surface area contributed by atoms with E-state index in [0.29, 0.717) is 17.9 Å². The number of esters is 1. The number of ether oxygens (including phenoxy) is 1. The van der Waals surface area contributed by atoms with E-state index in [1.165, 1.54) is 13.2 Å². The van der Waals surface area contributed by atoms with Crippen molar-refractivity contribution in [2.24, 2.45) is 0 Å². The van der Waals surface area contributed by atoms with Crippen LogP contribution in [0.4, 0.5) is 15.9 Å². The van der Waals surface area contributed by atoms with Gasteiger partial charge in [-0.1, -0.05) is 24.4 Å². The van der Waals surface area contributed by atoms with Crippen molar-refractivity contribution in [1.82, 2.24) is 9.55 Å². The zero-order valence-corrected chi connectivity index (χ0v) is 16.9. The fourth-order valence-corrected chi connectivity index (χ4v) is 3.45. The molecular weight excluding hydrogens is 380 g/mol. The predicted octanol–water partition coefficient (Wildman–Crippen LogP) is 3.86. The van der Waals surface area contributed by atoms with E-state index in [0.717, 1.165) is 34.9 Å². The minimum absolute atomic E-state index is 0.238. The van der Waals surface area contributed by atoms with Crippen molar-refractivity contribution in [2.45, 2.75) is 13.4 Å². The van der Waals surface area contributed by atoms with Gasteiger partial charge in [0.25, 0.3) is 0 Å². The van der Waals surface area contributed by atoms with Gasteiger partial charge in [0.1, 0.15) is 17.2 Å². The molecule has 4 aromatic rings. The molecule has 0 fully saturated rings.